The van der Waals surface area contributed by atoms with E-state index in [1.54, 1.807) is 0 Å². The Hall–Kier alpha value is -1.41. The van der Waals surface area contributed by atoms with Gasteiger partial charge in [-0.3, -0.25) is 4.79 Å². The number of aliphatic hydroxyl groups is 1. The zero-order chi connectivity index (χ0) is 12.4. The van der Waals surface area contributed by atoms with Gasteiger partial charge in [0, 0.05) is 11.5 Å². The standard InChI is InChI=1S/C15H18O2/c1-10(2)7-8-11-9-14(16)12-5-3-4-6-13(12)15(11)17/h3-7,11,14,16H,8-9H2,1-2H3/t11-,14?/m1/s1. The lowest BCUT2D eigenvalue weighted by atomic mass is 9.79. The van der Waals surface area contributed by atoms with Crippen molar-refractivity contribution in [3.8, 4) is 0 Å². The first-order valence-electron chi connectivity index (χ1n) is 6.04. The quantitative estimate of drug-likeness (QED) is 0.792. The van der Waals surface area contributed by atoms with E-state index in [1.165, 1.54) is 5.57 Å². The molecule has 0 aromatic heterocycles. The van der Waals surface area contributed by atoms with Crippen LogP contribution >= 0.6 is 0 Å². The number of carbonyl (C=O) groups is 1. The summed E-state index contributed by atoms with van der Waals surface area (Å²) in [7, 11) is 0. The number of carbonyl (C=O) groups excluding carboxylic acids is 1. The lowest BCUT2D eigenvalue weighted by Gasteiger charge is -2.26. The minimum Gasteiger partial charge on any atom is -0.388 e. The number of hydrogen-bond donors (Lipinski definition) is 1. The fraction of sp³-hybridized carbons (Fsp3) is 0.400. The molecule has 0 heterocycles. The van der Waals surface area contributed by atoms with Gasteiger partial charge in [-0.05, 0) is 32.3 Å². The molecule has 1 aromatic rings. The fourth-order valence-electron chi connectivity index (χ4n) is 2.32. The maximum Gasteiger partial charge on any atom is 0.166 e. The largest absolute Gasteiger partial charge is 0.388 e. The molecule has 90 valence electrons. The van der Waals surface area contributed by atoms with Gasteiger partial charge in [0.05, 0.1) is 6.10 Å². The molecule has 2 heteroatoms. The summed E-state index contributed by atoms with van der Waals surface area (Å²) in [6, 6.07) is 7.38. The molecule has 0 radical (unpaired) electrons. The Labute approximate surface area is 102 Å². The van der Waals surface area contributed by atoms with Crippen molar-refractivity contribution in [2.75, 3.05) is 0 Å². The molecule has 17 heavy (non-hydrogen) atoms. The Balaban J connectivity index is 2.27. The average molecular weight is 230 g/mol. The van der Waals surface area contributed by atoms with Gasteiger partial charge in [0.25, 0.3) is 0 Å². The van der Waals surface area contributed by atoms with E-state index in [-0.39, 0.29) is 11.7 Å². The van der Waals surface area contributed by atoms with Crippen LogP contribution in [0.15, 0.2) is 35.9 Å². The molecule has 0 saturated carbocycles. The Morgan fingerprint density at radius 3 is 2.82 bits per heavy atom. The van der Waals surface area contributed by atoms with Crippen LogP contribution in [0.4, 0.5) is 0 Å². The van der Waals surface area contributed by atoms with Crippen molar-refractivity contribution in [2.45, 2.75) is 32.8 Å². The topological polar surface area (TPSA) is 37.3 Å². The summed E-state index contributed by atoms with van der Waals surface area (Å²) in [5, 5.41) is 10.0. The Morgan fingerprint density at radius 1 is 1.41 bits per heavy atom. The van der Waals surface area contributed by atoms with Crippen molar-refractivity contribution in [3.05, 3.63) is 47.0 Å². The molecule has 0 spiro atoms. The summed E-state index contributed by atoms with van der Waals surface area (Å²) in [4.78, 5) is 12.2. The van der Waals surface area contributed by atoms with Gasteiger partial charge in [0.1, 0.15) is 0 Å². The third-order valence-electron chi connectivity index (χ3n) is 3.27. The van der Waals surface area contributed by atoms with Gasteiger partial charge in [0.15, 0.2) is 5.78 Å². The normalized spacial score (nSPS) is 23.1. The van der Waals surface area contributed by atoms with Crippen molar-refractivity contribution in [1.29, 1.82) is 0 Å². The molecule has 1 unspecified atom stereocenters. The van der Waals surface area contributed by atoms with E-state index in [1.807, 2.05) is 38.1 Å². The van der Waals surface area contributed by atoms with Crippen LogP contribution in [0.3, 0.4) is 0 Å². The molecule has 0 saturated heterocycles. The molecule has 2 atom stereocenters. The molecule has 2 nitrogen and oxygen atoms in total. The highest BCUT2D eigenvalue weighted by atomic mass is 16.3. The van der Waals surface area contributed by atoms with Crippen molar-refractivity contribution in [3.63, 3.8) is 0 Å². The number of hydrogen-bond acceptors (Lipinski definition) is 2. The second kappa shape index (κ2) is 4.84. The Bertz CT molecular complexity index is 456. The molecule has 1 aliphatic carbocycles. The minimum absolute atomic E-state index is 0.0743. The summed E-state index contributed by atoms with van der Waals surface area (Å²) >= 11 is 0. The highest BCUT2D eigenvalue weighted by Gasteiger charge is 2.31. The predicted molar refractivity (Wildman–Crippen MR) is 67.9 cm³/mol. The highest BCUT2D eigenvalue weighted by Crippen LogP contribution is 2.34. The van der Waals surface area contributed by atoms with Crippen molar-refractivity contribution < 1.29 is 9.90 Å². The summed E-state index contributed by atoms with van der Waals surface area (Å²) in [6.45, 7) is 4.05. The molecule has 0 aliphatic heterocycles. The van der Waals surface area contributed by atoms with Crippen LogP contribution < -0.4 is 0 Å². The van der Waals surface area contributed by atoms with Crippen molar-refractivity contribution in [1.82, 2.24) is 0 Å². The van der Waals surface area contributed by atoms with Gasteiger partial charge in [-0.25, -0.2) is 0 Å². The van der Waals surface area contributed by atoms with Crippen molar-refractivity contribution in [2.24, 2.45) is 5.92 Å². The molecule has 2 rings (SSSR count). The number of rotatable bonds is 2. The number of aliphatic hydroxyl groups excluding tert-OH is 1. The van der Waals surface area contributed by atoms with Gasteiger partial charge in [-0.15, -0.1) is 0 Å². The SMILES string of the molecule is CC(C)=CC[C@@H]1CC(O)c2ccccc2C1=O. The molecular weight excluding hydrogens is 212 g/mol. The van der Waals surface area contributed by atoms with E-state index < -0.39 is 6.10 Å². The monoisotopic (exact) mass is 230 g/mol. The lowest BCUT2D eigenvalue weighted by molar-refractivity contribution is 0.0777. The molecular formula is C15H18O2. The third-order valence-corrected chi connectivity index (χ3v) is 3.27. The first-order valence-corrected chi connectivity index (χ1v) is 6.04. The zero-order valence-electron chi connectivity index (χ0n) is 10.3. The molecule has 1 aliphatic rings. The van der Waals surface area contributed by atoms with E-state index >= 15 is 0 Å². The molecule has 1 N–H and O–H groups in total. The van der Waals surface area contributed by atoms with Crippen LogP contribution in [0.5, 0.6) is 0 Å². The Morgan fingerprint density at radius 2 is 2.12 bits per heavy atom. The maximum absolute atomic E-state index is 12.2. The van der Waals surface area contributed by atoms with E-state index in [2.05, 4.69) is 6.08 Å². The van der Waals surface area contributed by atoms with E-state index in [9.17, 15) is 9.90 Å². The number of allylic oxidation sites excluding steroid dienone is 2. The van der Waals surface area contributed by atoms with Crippen LogP contribution in [0, 0.1) is 5.92 Å². The second-order valence-electron chi connectivity index (χ2n) is 4.92. The lowest BCUT2D eigenvalue weighted by Crippen LogP contribution is -2.25. The van der Waals surface area contributed by atoms with Gasteiger partial charge < -0.3 is 5.11 Å². The maximum atomic E-state index is 12.2. The first-order chi connectivity index (χ1) is 8.09. The molecule has 0 amide bonds. The van der Waals surface area contributed by atoms with Crippen LogP contribution in [0.25, 0.3) is 0 Å². The number of fused-ring (bicyclic) bond motifs is 1. The van der Waals surface area contributed by atoms with E-state index in [4.69, 9.17) is 0 Å². The molecule has 0 fully saturated rings. The highest BCUT2D eigenvalue weighted by molar-refractivity contribution is 6.00. The second-order valence-corrected chi connectivity index (χ2v) is 4.92. The smallest absolute Gasteiger partial charge is 0.166 e. The van der Waals surface area contributed by atoms with Gasteiger partial charge in [-0.1, -0.05) is 35.9 Å². The fourth-order valence-corrected chi connectivity index (χ4v) is 2.32. The number of ketones is 1. The summed E-state index contributed by atoms with van der Waals surface area (Å²) in [5.41, 5.74) is 2.69. The third kappa shape index (κ3) is 2.47. The van der Waals surface area contributed by atoms with Crippen LogP contribution in [0.1, 0.15) is 48.7 Å². The average Bonchev–Trinajstić information content (AvgIpc) is 2.32. The van der Waals surface area contributed by atoms with Gasteiger partial charge in [0.2, 0.25) is 0 Å². The summed E-state index contributed by atoms with van der Waals surface area (Å²) in [6.07, 6.45) is 2.84. The predicted octanol–water partition coefficient (Wildman–Crippen LogP) is 3.28. The van der Waals surface area contributed by atoms with Gasteiger partial charge >= 0.3 is 0 Å². The summed E-state index contributed by atoms with van der Waals surface area (Å²) in [5.74, 6) is 0.0956. The minimum atomic E-state index is -0.500. The van der Waals surface area contributed by atoms with Crippen LogP contribution in [-0.4, -0.2) is 10.9 Å². The van der Waals surface area contributed by atoms with E-state index in [0.29, 0.717) is 12.0 Å². The summed E-state index contributed by atoms with van der Waals surface area (Å²) < 4.78 is 0. The van der Waals surface area contributed by atoms with Crippen LogP contribution in [-0.2, 0) is 0 Å². The van der Waals surface area contributed by atoms with Crippen molar-refractivity contribution >= 4 is 5.78 Å². The van der Waals surface area contributed by atoms with Crippen LogP contribution in [0.2, 0.25) is 0 Å². The Kier molecular flexibility index (Phi) is 3.43. The number of Topliss-reactive ketones (excluding diaryl/α,β-unsaturated/α-hetero) is 1. The zero-order valence-corrected chi connectivity index (χ0v) is 10.3. The number of benzene rings is 1. The molecule has 0 bridgehead atoms. The first kappa shape index (κ1) is 12.1. The van der Waals surface area contributed by atoms with Gasteiger partial charge in [-0.2, -0.15) is 0 Å². The molecule has 1 aromatic carbocycles. The van der Waals surface area contributed by atoms with E-state index in [0.717, 1.165) is 12.0 Å².